The van der Waals surface area contributed by atoms with Crippen LogP contribution in [0.4, 0.5) is 0 Å². The standard InChI is InChI=1S/C26H28N2O2/c29-26(24-13-4-5-14-25(24)30-20-21-9-2-1-3-10-21)27-18-22-11-8-12-23(17-22)19-28-15-6-7-16-28/h1-5,8-14,17H,6-7,15-16,18-20H2,(H,27,29). The van der Waals surface area contributed by atoms with Gasteiger partial charge in [-0.3, -0.25) is 9.69 Å². The van der Waals surface area contributed by atoms with Crippen LogP contribution in [0, 0.1) is 0 Å². The summed E-state index contributed by atoms with van der Waals surface area (Å²) in [5.74, 6) is 0.477. The summed E-state index contributed by atoms with van der Waals surface area (Å²) < 4.78 is 5.92. The third kappa shape index (κ3) is 5.49. The molecule has 4 heteroatoms. The van der Waals surface area contributed by atoms with Crippen molar-refractivity contribution < 1.29 is 9.53 Å². The summed E-state index contributed by atoms with van der Waals surface area (Å²) in [6, 6.07) is 25.8. The van der Waals surface area contributed by atoms with Crippen molar-refractivity contribution in [1.29, 1.82) is 0 Å². The first-order valence-electron chi connectivity index (χ1n) is 10.6. The Morgan fingerprint density at radius 1 is 0.833 bits per heavy atom. The molecule has 4 nitrogen and oxygen atoms in total. The predicted octanol–water partition coefficient (Wildman–Crippen LogP) is 4.79. The van der Waals surface area contributed by atoms with E-state index in [0.29, 0.717) is 24.5 Å². The van der Waals surface area contributed by atoms with Crippen LogP contribution in [0.3, 0.4) is 0 Å². The molecule has 0 atom stereocenters. The minimum atomic E-state index is -0.122. The van der Waals surface area contributed by atoms with Crippen molar-refractivity contribution in [1.82, 2.24) is 10.2 Å². The summed E-state index contributed by atoms with van der Waals surface area (Å²) in [7, 11) is 0. The number of para-hydroxylation sites is 1. The van der Waals surface area contributed by atoms with E-state index in [2.05, 4.69) is 34.5 Å². The maximum atomic E-state index is 12.8. The lowest BCUT2D eigenvalue weighted by molar-refractivity contribution is 0.0946. The van der Waals surface area contributed by atoms with E-state index < -0.39 is 0 Å². The number of ether oxygens (including phenoxy) is 1. The van der Waals surface area contributed by atoms with Gasteiger partial charge in [0, 0.05) is 13.1 Å². The number of nitrogens with one attached hydrogen (secondary N) is 1. The third-order valence-corrected chi connectivity index (χ3v) is 5.42. The first-order valence-corrected chi connectivity index (χ1v) is 10.6. The van der Waals surface area contributed by atoms with Gasteiger partial charge in [0.25, 0.3) is 5.91 Å². The van der Waals surface area contributed by atoms with Gasteiger partial charge in [-0.1, -0.05) is 66.7 Å². The molecule has 30 heavy (non-hydrogen) atoms. The highest BCUT2D eigenvalue weighted by Crippen LogP contribution is 2.20. The van der Waals surface area contributed by atoms with Gasteiger partial charge in [-0.05, 0) is 54.8 Å². The summed E-state index contributed by atoms with van der Waals surface area (Å²) in [5, 5.41) is 3.04. The van der Waals surface area contributed by atoms with E-state index in [1.807, 2.05) is 48.5 Å². The molecule has 154 valence electrons. The van der Waals surface area contributed by atoms with E-state index in [1.54, 1.807) is 6.07 Å². The predicted molar refractivity (Wildman–Crippen MR) is 119 cm³/mol. The molecule has 0 radical (unpaired) electrons. The number of hydrogen-bond donors (Lipinski definition) is 1. The van der Waals surface area contributed by atoms with Gasteiger partial charge in [-0.15, -0.1) is 0 Å². The van der Waals surface area contributed by atoms with Gasteiger partial charge in [-0.25, -0.2) is 0 Å². The molecule has 4 rings (SSSR count). The van der Waals surface area contributed by atoms with Crippen LogP contribution in [0.5, 0.6) is 5.75 Å². The van der Waals surface area contributed by atoms with E-state index in [9.17, 15) is 4.79 Å². The van der Waals surface area contributed by atoms with Crippen molar-refractivity contribution >= 4 is 5.91 Å². The largest absolute Gasteiger partial charge is 0.488 e. The SMILES string of the molecule is O=C(NCc1cccc(CN2CCCC2)c1)c1ccccc1OCc1ccccc1. The van der Waals surface area contributed by atoms with Crippen molar-refractivity contribution in [3.63, 3.8) is 0 Å². The average molecular weight is 401 g/mol. The van der Waals surface area contributed by atoms with E-state index in [0.717, 1.165) is 17.7 Å². The lowest BCUT2D eigenvalue weighted by Gasteiger charge is -2.15. The number of hydrogen-bond acceptors (Lipinski definition) is 3. The number of nitrogens with zero attached hydrogens (tertiary/aromatic N) is 1. The van der Waals surface area contributed by atoms with Crippen molar-refractivity contribution in [2.24, 2.45) is 0 Å². The molecule has 0 aliphatic carbocycles. The Balaban J connectivity index is 1.36. The Labute approximate surface area is 178 Å². The minimum Gasteiger partial charge on any atom is -0.488 e. The molecule has 1 heterocycles. The molecule has 0 spiro atoms. The van der Waals surface area contributed by atoms with Crippen LogP contribution in [0.15, 0.2) is 78.9 Å². The number of carbonyl (C=O) groups is 1. The summed E-state index contributed by atoms with van der Waals surface area (Å²) in [6.07, 6.45) is 2.59. The van der Waals surface area contributed by atoms with Crippen LogP contribution in [0.2, 0.25) is 0 Å². The zero-order valence-corrected chi connectivity index (χ0v) is 17.2. The van der Waals surface area contributed by atoms with Crippen LogP contribution >= 0.6 is 0 Å². The van der Waals surface area contributed by atoms with Crippen molar-refractivity contribution in [3.05, 3.63) is 101 Å². The molecular weight excluding hydrogens is 372 g/mol. The van der Waals surface area contributed by atoms with Crippen molar-refractivity contribution in [3.8, 4) is 5.75 Å². The molecule has 1 saturated heterocycles. The molecule has 0 bridgehead atoms. The quantitative estimate of drug-likeness (QED) is 0.591. The zero-order chi connectivity index (χ0) is 20.6. The highest BCUT2D eigenvalue weighted by atomic mass is 16.5. The second-order valence-electron chi connectivity index (χ2n) is 7.76. The smallest absolute Gasteiger partial charge is 0.255 e. The normalized spacial score (nSPS) is 13.9. The first-order chi connectivity index (χ1) is 14.8. The van der Waals surface area contributed by atoms with Gasteiger partial charge in [-0.2, -0.15) is 0 Å². The minimum absolute atomic E-state index is 0.122. The molecule has 1 N–H and O–H groups in total. The second-order valence-corrected chi connectivity index (χ2v) is 7.76. The van der Waals surface area contributed by atoms with Crippen LogP contribution < -0.4 is 10.1 Å². The van der Waals surface area contributed by atoms with Crippen LogP contribution in [0.1, 0.15) is 39.9 Å². The van der Waals surface area contributed by atoms with E-state index >= 15 is 0 Å². The van der Waals surface area contributed by atoms with Gasteiger partial charge in [0.2, 0.25) is 0 Å². The molecule has 3 aromatic carbocycles. The molecule has 1 amide bonds. The summed E-state index contributed by atoms with van der Waals surface area (Å²) >= 11 is 0. The lowest BCUT2D eigenvalue weighted by Crippen LogP contribution is -2.23. The Bertz CT molecular complexity index is 966. The number of amides is 1. The number of benzene rings is 3. The molecule has 1 aliphatic rings. The highest BCUT2D eigenvalue weighted by Gasteiger charge is 2.13. The molecule has 0 saturated carbocycles. The molecule has 3 aromatic rings. The van der Waals surface area contributed by atoms with Gasteiger partial charge >= 0.3 is 0 Å². The summed E-state index contributed by atoms with van der Waals surface area (Å²) in [4.78, 5) is 15.3. The fourth-order valence-electron chi connectivity index (χ4n) is 3.83. The van der Waals surface area contributed by atoms with Gasteiger partial charge in [0.05, 0.1) is 5.56 Å². The summed E-state index contributed by atoms with van der Waals surface area (Å²) in [5.41, 5.74) is 4.04. The van der Waals surface area contributed by atoms with Crippen molar-refractivity contribution in [2.45, 2.75) is 32.5 Å². The zero-order valence-electron chi connectivity index (χ0n) is 17.2. The van der Waals surface area contributed by atoms with Crippen molar-refractivity contribution in [2.75, 3.05) is 13.1 Å². The summed E-state index contributed by atoms with van der Waals surface area (Å²) in [6.45, 7) is 4.28. The average Bonchev–Trinajstić information content (AvgIpc) is 3.30. The van der Waals surface area contributed by atoms with E-state index in [4.69, 9.17) is 4.74 Å². The molecule has 1 aliphatic heterocycles. The molecule has 1 fully saturated rings. The van der Waals surface area contributed by atoms with Gasteiger partial charge in [0.1, 0.15) is 12.4 Å². The van der Waals surface area contributed by atoms with E-state index in [-0.39, 0.29) is 5.91 Å². The Hall–Kier alpha value is -3.11. The number of rotatable bonds is 8. The maximum absolute atomic E-state index is 12.8. The Morgan fingerprint density at radius 2 is 1.53 bits per heavy atom. The maximum Gasteiger partial charge on any atom is 0.255 e. The Morgan fingerprint density at radius 3 is 2.37 bits per heavy atom. The molecule has 0 unspecified atom stereocenters. The van der Waals surface area contributed by atoms with E-state index in [1.165, 1.54) is 31.5 Å². The number of likely N-dealkylation sites (tertiary alicyclic amines) is 1. The van der Waals surface area contributed by atoms with Crippen LogP contribution in [-0.4, -0.2) is 23.9 Å². The van der Waals surface area contributed by atoms with Gasteiger partial charge in [0.15, 0.2) is 0 Å². The second kappa shape index (κ2) is 10.1. The highest BCUT2D eigenvalue weighted by molar-refractivity contribution is 5.96. The third-order valence-electron chi connectivity index (χ3n) is 5.42. The van der Waals surface area contributed by atoms with Gasteiger partial charge < -0.3 is 10.1 Å². The Kier molecular flexibility index (Phi) is 6.78. The molecule has 0 aromatic heterocycles. The monoisotopic (exact) mass is 400 g/mol. The lowest BCUT2D eigenvalue weighted by atomic mass is 10.1. The van der Waals surface area contributed by atoms with Crippen LogP contribution in [0.25, 0.3) is 0 Å². The molecular formula is C26H28N2O2. The topological polar surface area (TPSA) is 41.6 Å². The fourth-order valence-corrected chi connectivity index (χ4v) is 3.83. The fraction of sp³-hybridized carbons (Fsp3) is 0.269. The number of carbonyl (C=O) groups excluding carboxylic acids is 1. The van der Waals surface area contributed by atoms with Crippen LogP contribution in [-0.2, 0) is 19.7 Å². The first kappa shape index (κ1) is 20.2.